The fourth-order valence-electron chi connectivity index (χ4n) is 4.14. The summed E-state index contributed by atoms with van der Waals surface area (Å²) >= 11 is 0. The van der Waals surface area contributed by atoms with E-state index >= 15 is 0 Å². The fourth-order valence-corrected chi connectivity index (χ4v) is 4.14. The van der Waals surface area contributed by atoms with E-state index in [2.05, 4.69) is 27.4 Å². The number of pyridine rings is 1. The molecule has 0 bridgehead atoms. The quantitative estimate of drug-likeness (QED) is 0.397. The summed E-state index contributed by atoms with van der Waals surface area (Å²) in [6.07, 6.45) is 14.2. The first-order chi connectivity index (χ1) is 15.2. The molecule has 0 amide bonds. The van der Waals surface area contributed by atoms with Crippen LogP contribution in [0.4, 0.5) is 5.82 Å². The van der Waals surface area contributed by atoms with Crippen LogP contribution in [-0.2, 0) is 22.4 Å². The Bertz CT molecular complexity index is 823. The van der Waals surface area contributed by atoms with Gasteiger partial charge in [0.1, 0.15) is 11.6 Å². The first-order valence-electron chi connectivity index (χ1n) is 11.8. The standard InChI is InChI=1S/C25H36N4O2/c1-3-31-24(30)16-21(22-17-27-19(2)28-18-22)11-6-4-5-7-12-23-14-13-20-10-8-9-15-26-25(20)29-23/h13-14,17-18,21H,3-12,15-16H2,1-2H3,(H,26,29)/t21-/m0/s1. The van der Waals surface area contributed by atoms with Crippen molar-refractivity contribution in [2.45, 2.75) is 84.0 Å². The number of carbonyl (C=O) groups is 1. The van der Waals surface area contributed by atoms with Crippen LogP contribution in [-0.4, -0.2) is 34.1 Å². The molecule has 0 aromatic carbocycles. The smallest absolute Gasteiger partial charge is 0.306 e. The minimum Gasteiger partial charge on any atom is -0.466 e. The molecule has 1 aliphatic heterocycles. The highest BCUT2D eigenvalue weighted by Gasteiger charge is 2.17. The minimum atomic E-state index is -0.143. The number of hydrogen-bond acceptors (Lipinski definition) is 6. The number of hydrogen-bond donors (Lipinski definition) is 1. The zero-order valence-electron chi connectivity index (χ0n) is 19.0. The van der Waals surface area contributed by atoms with Crippen LogP contribution < -0.4 is 5.32 Å². The molecule has 6 heteroatoms. The lowest BCUT2D eigenvalue weighted by Gasteiger charge is -2.16. The molecule has 2 aromatic heterocycles. The molecule has 1 atom stereocenters. The molecule has 0 radical (unpaired) electrons. The highest BCUT2D eigenvalue weighted by molar-refractivity contribution is 5.70. The molecule has 0 unspecified atom stereocenters. The maximum absolute atomic E-state index is 12.0. The highest BCUT2D eigenvalue weighted by atomic mass is 16.5. The fraction of sp³-hybridized carbons (Fsp3) is 0.600. The van der Waals surface area contributed by atoms with Crippen molar-refractivity contribution in [1.82, 2.24) is 15.0 Å². The average molecular weight is 425 g/mol. The Kier molecular flexibility index (Phi) is 9.25. The van der Waals surface area contributed by atoms with Gasteiger partial charge in [-0.25, -0.2) is 15.0 Å². The molecule has 0 saturated heterocycles. The van der Waals surface area contributed by atoms with Gasteiger partial charge in [0.25, 0.3) is 0 Å². The SMILES string of the molecule is CCOC(=O)C[C@H](CCCCCCc1ccc2c(n1)NCCCC2)c1cnc(C)nc1. The highest BCUT2D eigenvalue weighted by Crippen LogP contribution is 2.26. The third kappa shape index (κ3) is 7.60. The normalized spacial score (nSPS) is 14.3. The Balaban J connectivity index is 1.42. The number of nitrogens with zero attached hydrogens (tertiary/aromatic N) is 3. The second-order valence-corrected chi connectivity index (χ2v) is 8.42. The predicted octanol–water partition coefficient (Wildman–Crippen LogP) is 5.16. The lowest BCUT2D eigenvalue weighted by molar-refractivity contribution is -0.143. The summed E-state index contributed by atoms with van der Waals surface area (Å²) in [7, 11) is 0. The summed E-state index contributed by atoms with van der Waals surface area (Å²) in [5.41, 5.74) is 3.57. The zero-order chi connectivity index (χ0) is 21.9. The summed E-state index contributed by atoms with van der Waals surface area (Å²) in [6, 6.07) is 4.44. The number of carbonyl (C=O) groups excluding carboxylic acids is 1. The molecule has 0 aliphatic carbocycles. The molecule has 6 nitrogen and oxygen atoms in total. The zero-order valence-corrected chi connectivity index (χ0v) is 19.0. The van der Waals surface area contributed by atoms with Gasteiger partial charge in [0.05, 0.1) is 13.0 Å². The van der Waals surface area contributed by atoms with E-state index in [1.165, 1.54) is 30.5 Å². The van der Waals surface area contributed by atoms with Gasteiger partial charge in [0.15, 0.2) is 0 Å². The summed E-state index contributed by atoms with van der Waals surface area (Å²) in [6.45, 7) is 5.17. The van der Waals surface area contributed by atoms with Crippen molar-refractivity contribution in [2.24, 2.45) is 0 Å². The van der Waals surface area contributed by atoms with Crippen LogP contribution in [0.25, 0.3) is 0 Å². The molecule has 1 N–H and O–H groups in total. The molecular formula is C25H36N4O2. The number of fused-ring (bicyclic) bond motifs is 1. The Morgan fingerprint density at radius 3 is 2.74 bits per heavy atom. The molecule has 3 heterocycles. The minimum absolute atomic E-state index is 0.122. The predicted molar refractivity (Wildman–Crippen MR) is 123 cm³/mol. The van der Waals surface area contributed by atoms with Gasteiger partial charge in [0.2, 0.25) is 0 Å². The van der Waals surface area contributed by atoms with Crippen molar-refractivity contribution < 1.29 is 9.53 Å². The van der Waals surface area contributed by atoms with E-state index in [0.29, 0.717) is 13.0 Å². The van der Waals surface area contributed by atoms with E-state index in [-0.39, 0.29) is 11.9 Å². The van der Waals surface area contributed by atoms with Gasteiger partial charge in [0, 0.05) is 24.6 Å². The van der Waals surface area contributed by atoms with Crippen LogP contribution in [0.15, 0.2) is 24.5 Å². The second kappa shape index (κ2) is 12.4. The number of anilines is 1. The van der Waals surface area contributed by atoms with E-state index in [9.17, 15) is 4.79 Å². The molecule has 0 fully saturated rings. The molecule has 3 rings (SSSR count). The molecule has 2 aromatic rings. The number of aryl methyl sites for hydroxylation is 3. The van der Waals surface area contributed by atoms with Crippen LogP contribution in [0.5, 0.6) is 0 Å². The lowest BCUT2D eigenvalue weighted by Crippen LogP contribution is -2.11. The number of aromatic nitrogens is 3. The first-order valence-corrected chi connectivity index (χ1v) is 11.8. The van der Waals surface area contributed by atoms with Crippen molar-refractivity contribution in [3.8, 4) is 0 Å². The van der Waals surface area contributed by atoms with Gasteiger partial charge in [-0.1, -0.05) is 25.3 Å². The average Bonchev–Trinajstić information content (AvgIpc) is 3.01. The molecular weight excluding hydrogens is 388 g/mol. The summed E-state index contributed by atoms with van der Waals surface area (Å²) < 4.78 is 5.17. The first kappa shape index (κ1) is 23.2. The van der Waals surface area contributed by atoms with Crippen LogP contribution >= 0.6 is 0 Å². The van der Waals surface area contributed by atoms with Crippen LogP contribution in [0.2, 0.25) is 0 Å². The number of nitrogens with one attached hydrogen (secondary N) is 1. The van der Waals surface area contributed by atoms with Gasteiger partial charge in [-0.3, -0.25) is 4.79 Å². The van der Waals surface area contributed by atoms with Gasteiger partial charge in [-0.2, -0.15) is 0 Å². The Morgan fingerprint density at radius 2 is 1.94 bits per heavy atom. The van der Waals surface area contributed by atoms with Gasteiger partial charge in [-0.05, 0) is 75.5 Å². The van der Waals surface area contributed by atoms with Gasteiger partial charge >= 0.3 is 5.97 Å². The summed E-state index contributed by atoms with van der Waals surface area (Å²) in [5, 5.41) is 3.47. The number of esters is 1. The van der Waals surface area contributed by atoms with E-state index in [4.69, 9.17) is 9.72 Å². The van der Waals surface area contributed by atoms with Crippen molar-refractivity contribution in [3.63, 3.8) is 0 Å². The van der Waals surface area contributed by atoms with Gasteiger partial charge < -0.3 is 10.1 Å². The molecule has 1 aliphatic rings. The van der Waals surface area contributed by atoms with E-state index in [0.717, 1.165) is 62.3 Å². The monoisotopic (exact) mass is 424 g/mol. The van der Waals surface area contributed by atoms with Crippen molar-refractivity contribution in [3.05, 3.63) is 47.2 Å². The lowest BCUT2D eigenvalue weighted by atomic mass is 9.92. The largest absolute Gasteiger partial charge is 0.466 e. The topological polar surface area (TPSA) is 77.0 Å². The Hall–Kier alpha value is -2.50. The maximum Gasteiger partial charge on any atom is 0.306 e. The Labute approximate surface area is 186 Å². The molecule has 0 spiro atoms. The van der Waals surface area contributed by atoms with Crippen molar-refractivity contribution in [1.29, 1.82) is 0 Å². The second-order valence-electron chi connectivity index (χ2n) is 8.42. The van der Waals surface area contributed by atoms with Gasteiger partial charge in [-0.15, -0.1) is 0 Å². The number of ether oxygens (including phenoxy) is 1. The third-order valence-corrected chi connectivity index (χ3v) is 5.93. The molecule has 0 saturated carbocycles. The maximum atomic E-state index is 12.0. The van der Waals surface area contributed by atoms with E-state index in [1.807, 2.05) is 26.2 Å². The van der Waals surface area contributed by atoms with Crippen LogP contribution in [0.1, 0.15) is 86.9 Å². The molecule has 168 valence electrons. The summed E-state index contributed by atoms with van der Waals surface area (Å²) in [5.74, 6) is 1.82. The van der Waals surface area contributed by atoms with Crippen molar-refractivity contribution in [2.75, 3.05) is 18.5 Å². The summed E-state index contributed by atoms with van der Waals surface area (Å²) in [4.78, 5) is 25.5. The third-order valence-electron chi connectivity index (χ3n) is 5.93. The van der Waals surface area contributed by atoms with E-state index in [1.54, 1.807) is 0 Å². The van der Waals surface area contributed by atoms with E-state index < -0.39 is 0 Å². The molecule has 31 heavy (non-hydrogen) atoms. The van der Waals surface area contributed by atoms with Crippen LogP contribution in [0, 0.1) is 6.92 Å². The number of rotatable bonds is 11. The Morgan fingerprint density at radius 1 is 1.13 bits per heavy atom. The van der Waals surface area contributed by atoms with Crippen molar-refractivity contribution >= 4 is 11.8 Å². The number of unbranched alkanes of at least 4 members (excludes halogenated alkanes) is 3. The van der Waals surface area contributed by atoms with Crippen LogP contribution in [0.3, 0.4) is 0 Å².